The Morgan fingerprint density at radius 1 is 0.438 bits per heavy atom. The standard InChI is InChI=1S/C30H44O2/c1-27(2,3)21-15-19(16-22(25(21)31)28(4,5)6)13-14-20-17-23(29(7,8)9)26(32)24(18-20)30(10,11)12/h13-18,31-32H,1-12H3/b14-13-. The third-order valence-electron chi connectivity index (χ3n) is 5.96. The van der Waals surface area contributed by atoms with Crippen LogP contribution in [0.3, 0.4) is 0 Å². The maximum Gasteiger partial charge on any atom is 0.123 e. The van der Waals surface area contributed by atoms with Crippen LogP contribution in [0.25, 0.3) is 12.2 Å². The number of hydrogen-bond donors (Lipinski definition) is 2. The van der Waals surface area contributed by atoms with Crippen LogP contribution in [0.4, 0.5) is 0 Å². The van der Waals surface area contributed by atoms with Crippen molar-refractivity contribution in [1.29, 1.82) is 0 Å². The fourth-order valence-electron chi connectivity index (χ4n) is 3.99. The van der Waals surface area contributed by atoms with Crippen LogP contribution >= 0.6 is 0 Å². The maximum atomic E-state index is 11.0. The third-order valence-corrected chi connectivity index (χ3v) is 5.96. The van der Waals surface area contributed by atoms with Crippen molar-refractivity contribution < 1.29 is 10.2 Å². The van der Waals surface area contributed by atoms with Crippen molar-refractivity contribution in [3.05, 3.63) is 57.6 Å². The van der Waals surface area contributed by atoms with Gasteiger partial charge in [-0.2, -0.15) is 0 Å². The minimum absolute atomic E-state index is 0.161. The van der Waals surface area contributed by atoms with Gasteiger partial charge in [0.1, 0.15) is 11.5 Å². The highest BCUT2D eigenvalue weighted by Crippen LogP contribution is 2.42. The van der Waals surface area contributed by atoms with Crippen molar-refractivity contribution in [2.24, 2.45) is 0 Å². The summed E-state index contributed by atoms with van der Waals surface area (Å²) in [5.41, 5.74) is 5.33. The van der Waals surface area contributed by atoms with Gasteiger partial charge >= 0.3 is 0 Å². The highest BCUT2D eigenvalue weighted by molar-refractivity contribution is 5.73. The Morgan fingerprint density at radius 2 is 0.625 bits per heavy atom. The zero-order chi connectivity index (χ0) is 24.9. The lowest BCUT2D eigenvalue weighted by atomic mass is 9.78. The molecule has 0 saturated carbocycles. The molecule has 0 bridgehead atoms. The number of aromatic hydroxyl groups is 2. The largest absolute Gasteiger partial charge is 0.507 e. The van der Waals surface area contributed by atoms with E-state index in [1.54, 1.807) is 0 Å². The molecule has 0 unspecified atom stereocenters. The van der Waals surface area contributed by atoms with Gasteiger partial charge in [0.05, 0.1) is 0 Å². The third kappa shape index (κ3) is 5.77. The molecule has 0 aliphatic heterocycles. The van der Waals surface area contributed by atoms with Crippen LogP contribution in [0, 0.1) is 0 Å². The van der Waals surface area contributed by atoms with E-state index in [1.165, 1.54) is 0 Å². The molecule has 0 saturated heterocycles. The summed E-state index contributed by atoms with van der Waals surface area (Å²) >= 11 is 0. The van der Waals surface area contributed by atoms with E-state index in [0.29, 0.717) is 11.5 Å². The molecular formula is C30H44O2. The molecular weight excluding hydrogens is 392 g/mol. The Morgan fingerprint density at radius 3 is 0.781 bits per heavy atom. The molecule has 0 heterocycles. The van der Waals surface area contributed by atoms with Crippen LogP contribution in [0.5, 0.6) is 11.5 Å². The molecule has 0 fully saturated rings. The van der Waals surface area contributed by atoms with Crippen LogP contribution in [0.15, 0.2) is 24.3 Å². The Bertz CT molecular complexity index is 857. The Labute approximate surface area is 196 Å². The van der Waals surface area contributed by atoms with Gasteiger partial charge in [0.15, 0.2) is 0 Å². The number of rotatable bonds is 2. The van der Waals surface area contributed by atoms with E-state index in [0.717, 1.165) is 33.4 Å². The zero-order valence-corrected chi connectivity index (χ0v) is 22.4. The van der Waals surface area contributed by atoms with E-state index in [-0.39, 0.29) is 21.7 Å². The average molecular weight is 437 g/mol. The first-order valence-electron chi connectivity index (χ1n) is 11.7. The molecule has 0 amide bonds. The number of benzene rings is 2. The summed E-state index contributed by atoms with van der Waals surface area (Å²) < 4.78 is 0. The highest BCUT2D eigenvalue weighted by atomic mass is 16.3. The number of hydrogen-bond acceptors (Lipinski definition) is 2. The van der Waals surface area contributed by atoms with Crippen molar-refractivity contribution in [2.45, 2.75) is 105 Å². The molecule has 2 aromatic carbocycles. The fourth-order valence-corrected chi connectivity index (χ4v) is 3.99. The summed E-state index contributed by atoms with van der Waals surface area (Å²) in [5.74, 6) is 0.800. The highest BCUT2D eigenvalue weighted by Gasteiger charge is 2.27. The summed E-state index contributed by atoms with van der Waals surface area (Å²) in [4.78, 5) is 0. The molecule has 32 heavy (non-hydrogen) atoms. The maximum absolute atomic E-state index is 11.0. The molecule has 2 N–H and O–H groups in total. The molecule has 0 aromatic heterocycles. The van der Waals surface area contributed by atoms with Gasteiger partial charge in [0.25, 0.3) is 0 Å². The minimum atomic E-state index is -0.161. The molecule has 0 radical (unpaired) electrons. The van der Waals surface area contributed by atoms with Gasteiger partial charge in [-0.05, 0) is 57.1 Å². The van der Waals surface area contributed by atoms with E-state index in [4.69, 9.17) is 0 Å². The molecule has 0 spiro atoms. The summed E-state index contributed by atoms with van der Waals surface area (Å²) in [6, 6.07) is 8.38. The fraction of sp³-hybridized carbons (Fsp3) is 0.533. The Balaban J connectivity index is 2.70. The average Bonchev–Trinajstić information content (AvgIpc) is 2.57. The van der Waals surface area contributed by atoms with Crippen LogP contribution in [0.2, 0.25) is 0 Å². The molecule has 0 atom stereocenters. The second-order valence-electron chi connectivity index (χ2n) is 13.3. The molecule has 0 aliphatic carbocycles. The van der Waals surface area contributed by atoms with Crippen molar-refractivity contribution in [1.82, 2.24) is 0 Å². The summed E-state index contributed by atoms with van der Waals surface area (Å²) in [6.07, 6.45) is 4.24. The predicted molar refractivity (Wildman–Crippen MR) is 140 cm³/mol. The molecule has 2 rings (SSSR count). The zero-order valence-electron chi connectivity index (χ0n) is 22.4. The topological polar surface area (TPSA) is 40.5 Å². The monoisotopic (exact) mass is 436 g/mol. The molecule has 2 aromatic rings. The minimum Gasteiger partial charge on any atom is -0.507 e. The summed E-state index contributed by atoms with van der Waals surface area (Å²) in [5, 5.41) is 22.0. The van der Waals surface area contributed by atoms with Gasteiger partial charge in [-0.15, -0.1) is 0 Å². The summed E-state index contributed by atoms with van der Waals surface area (Å²) in [6.45, 7) is 25.6. The van der Waals surface area contributed by atoms with Crippen LogP contribution in [-0.2, 0) is 21.7 Å². The normalized spacial score (nSPS) is 13.8. The Kier molecular flexibility index (Phi) is 6.74. The van der Waals surface area contributed by atoms with Crippen molar-refractivity contribution in [2.75, 3.05) is 0 Å². The number of phenols is 2. The van der Waals surface area contributed by atoms with E-state index in [2.05, 4.69) is 120 Å². The molecule has 0 aliphatic rings. The lowest BCUT2D eigenvalue weighted by Gasteiger charge is -2.28. The molecule has 2 heteroatoms. The van der Waals surface area contributed by atoms with Crippen LogP contribution < -0.4 is 0 Å². The smallest absolute Gasteiger partial charge is 0.123 e. The van der Waals surface area contributed by atoms with Crippen molar-refractivity contribution in [3.63, 3.8) is 0 Å². The van der Waals surface area contributed by atoms with Gasteiger partial charge in [-0.25, -0.2) is 0 Å². The first kappa shape index (κ1) is 26.0. The van der Waals surface area contributed by atoms with Crippen molar-refractivity contribution in [3.8, 4) is 11.5 Å². The van der Waals surface area contributed by atoms with Gasteiger partial charge in [0, 0.05) is 22.3 Å². The second kappa shape index (κ2) is 8.28. The molecule has 176 valence electrons. The van der Waals surface area contributed by atoms with E-state index in [1.807, 2.05) is 0 Å². The van der Waals surface area contributed by atoms with Crippen molar-refractivity contribution >= 4 is 12.2 Å². The van der Waals surface area contributed by atoms with E-state index >= 15 is 0 Å². The quantitative estimate of drug-likeness (QED) is 0.463. The van der Waals surface area contributed by atoms with Gasteiger partial charge in [-0.3, -0.25) is 0 Å². The van der Waals surface area contributed by atoms with Gasteiger partial charge < -0.3 is 10.2 Å². The lowest BCUT2D eigenvalue weighted by Crippen LogP contribution is -2.17. The lowest BCUT2D eigenvalue weighted by molar-refractivity contribution is 0.422. The number of phenolic OH excluding ortho intramolecular Hbond substituents is 2. The first-order chi connectivity index (χ1) is 14.2. The van der Waals surface area contributed by atoms with Crippen LogP contribution in [0.1, 0.15) is 116 Å². The molecule has 2 nitrogen and oxygen atoms in total. The van der Waals surface area contributed by atoms with Gasteiger partial charge in [0.2, 0.25) is 0 Å². The summed E-state index contributed by atoms with van der Waals surface area (Å²) in [7, 11) is 0. The second-order valence-corrected chi connectivity index (χ2v) is 13.3. The van der Waals surface area contributed by atoms with E-state index in [9.17, 15) is 10.2 Å². The SMILES string of the molecule is CC(C)(C)c1cc(/C=C\c2cc(C(C)(C)C)c(O)c(C(C)(C)C)c2)cc(C(C)(C)C)c1O. The Hall–Kier alpha value is -2.22. The van der Waals surface area contributed by atoms with Gasteiger partial charge in [-0.1, -0.05) is 95.2 Å². The predicted octanol–water partition coefficient (Wildman–Crippen LogP) is 8.46. The first-order valence-corrected chi connectivity index (χ1v) is 11.7. The van der Waals surface area contributed by atoms with Crippen LogP contribution in [-0.4, -0.2) is 10.2 Å². The van der Waals surface area contributed by atoms with E-state index < -0.39 is 0 Å².